The first-order valence-corrected chi connectivity index (χ1v) is 6.57. The molecule has 1 unspecified atom stereocenters. The van der Waals surface area contributed by atoms with Crippen LogP contribution in [0.15, 0.2) is 0 Å². The van der Waals surface area contributed by atoms with E-state index in [0.29, 0.717) is 0 Å². The zero-order valence-electron chi connectivity index (χ0n) is 13.5. The van der Waals surface area contributed by atoms with E-state index in [0.717, 1.165) is 24.3 Å². The van der Waals surface area contributed by atoms with Crippen LogP contribution in [0.5, 0.6) is 0 Å². The minimum absolute atomic E-state index is 0. The molecular formula is C15H32N2Y-2. The number of hydrogen-bond acceptors (Lipinski definition) is 2. The van der Waals surface area contributed by atoms with Gasteiger partial charge < -0.3 is 18.1 Å². The maximum atomic E-state index is 5.77. The number of likely N-dealkylation sites (tertiary alicyclic amines) is 1. The van der Waals surface area contributed by atoms with Crippen molar-refractivity contribution in [3.8, 4) is 0 Å². The molecule has 1 heterocycles. The van der Waals surface area contributed by atoms with Gasteiger partial charge in [0.15, 0.2) is 0 Å². The molecule has 2 rings (SSSR count). The molecular weight excluding hydrogens is 297 g/mol. The van der Waals surface area contributed by atoms with E-state index in [-0.39, 0.29) is 51.2 Å². The number of nitrogens with zero attached hydrogens (tertiary/aromatic N) is 1. The third-order valence-electron chi connectivity index (χ3n) is 4.46. The summed E-state index contributed by atoms with van der Waals surface area (Å²) in [5, 5.41) is 0. The quantitative estimate of drug-likeness (QED) is 0.748. The summed E-state index contributed by atoms with van der Waals surface area (Å²) in [6.07, 6.45) is 1.25. The van der Waals surface area contributed by atoms with Crippen molar-refractivity contribution in [2.75, 3.05) is 6.54 Å². The normalized spacial score (nSPS) is 34.3. The average molecular weight is 329 g/mol. The fraction of sp³-hybridized carbons (Fsp3) is 0.867. The third kappa shape index (κ3) is 3.19. The van der Waals surface area contributed by atoms with E-state index in [1.807, 2.05) is 0 Å². The Morgan fingerprint density at radius 1 is 1.06 bits per heavy atom. The Morgan fingerprint density at radius 3 is 1.56 bits per heavy atom. The number of rotatable bonds is 1. The van der Waals surface area contributed by atoms with E-state index >= 15 is 0 Å². The van der Waals surface area contributed by atoms with Crippen molar-refractivity contribution < 1.29 is 32.7 Å². The molecule has 1 aliphatic carbocycles. The molecule has 2 N–H and O–H groups in total. The Morgan fingerprint density at radius 2 is 1.33 bits per heavy atom. The van der Waals surface area contributed by atoms with Crippen LogP contribution in [0.3, 0.4) is 0 Å². The van der Waals surface area contributed by atoms with Crippen LogP contribution in [-0.4, -0.2) is 22.5 Å². The summed E-state index contributed by atoms with van der Waals surface area (Å²) in [6.45, 7) is 14.3. The topological polar surface area (TPSA) is 29.3 Å². The van der Waals surface area contributed by atoms with Gasteiger partial charge in [-0.3, -0.25) is 7.05 Å². The predicted molar refractivity (Wildman–Crippen MR) is 77.3 cm³/mol. The van der Waals surface area contributed by atoms with Crippen molar-refractivity contribution in [2.24, 2.45) is 23.5 Å². The second kappa shape index (κ2) is 7.15. The molecule has 2 aliphatic rings. The number of nitrogens with two attached hydrogens (primary N) is 1. The van der Waals surface area contributed by atoms with Gasteiger partial charge in [0.1, 0.15) is 0 Å². The molecule has 2 nitrogen and oxygen atoms in total. The van der Waals surface area contributed by atoms with Crippen molar-refractivity contribution in [3.63, 3.8) is 0 Å². The second-order valence-corrected chi connectivity index (χ2v) is 6.39. The molecule has 18 heavy (non-hydrogen) atoms. The summed E-state index contributed by atoms with van der Waals surface area (Å²) in [7, 11) is 4.19. The van der Waals surface area contributed by atoms with E-state index in [1.54, 1.807) is 0 Å². The van der Waals surface area contributed by atoms with Crippen LogP contribution < -0.4 is 5.73 Å². The molecule has 0 bridgehead atoms. The van der Waals surface area contributed by atoms with Crippen LogP contribution in [0.25, 0.3) is 0 Å². The fourth-order valence-corrected chi connectivity index (χ4v) is 3.70. The molecule has 1 radical (unpaired) electrons. The van der Waals surface area contributed by atoms with E-state index in [1.165, 1.54) is 6.42 Å². The molecule has 0 spiro atoms. The average Bonchev–Trinajstić information content (AvgIpc) is 2.89. The number of hydrogen-bond donors (Lipinski definition) is 1. The van der Waals surface area contributed by atoms with E-state index < -0.39 is 0 Å². The number of piperidine rings is 1. The summed E-state index contributed by atoms with van der Waals surface area (Å²) >= 11 is 0. The van der Waals surface area contributed by atoms with Crippen LogP contribution in [0.4, 0.5) is 0 Å². The van der Waals surface area contributed by atoms with Gasteiger partial charge in [0.2, 0.25) is 0 Å². The minimum atomic E-state index is 0. The molecule has 0 aromatic rings. The van der Waals surface area contributed by atoms with Crippen LogP contribution in [0.2, 0.25) is 0 Å². The molecule has 1 saturated carbocycles. The van der Waals surface area contributed by atoms with Gasteiger partial charge in [0.25, 0.3) is 0 Å². The first-order valence-electron chi connectivity index (χ1n) is 6.57. The Bertz CT molecular complexity index is 229. The predicted octanol–water partition coefficient (Wildman–Crippen LogP) is 3.34. The summed E-state index contributed by atoms with van der Waals surface area (Å²) in [5.74, 6) is 2.28. The van der Waals surface area contributed by atoms with Crippen LogP contribution >= 0.6 is 0 Å². The van der Waals surface area contributed by atoms with Crippen molar-refractivity contribution in [2.45, 2.75) is 59.0 Å². The van der Waals surface area contributed by atoms with Gasteiger partial charge in [-0.15, -0.1) is 0 Å². The largest absolute Gasteiger partial charge is 0.449 e. The monoisotopic (exact) mass is 329 g/mol. The zero-order valence-corrected chi connectivity index (χ0v) is 16.3. The van der Waals surface area contributed by atoms with Gasteiger partial charge in [0.05, 0.1) is 0 Å². The maximum absolute atomic E-state index is 5.77. The van der Waals surface area contributed by atoms with Gasteiger partial charge in [-0.05, 0) is 63.1 Å². The molecule has 2 fully saturated rings. The van der Waals surface area contributed by atoms with Crippen LogP contribution in [-0.2, 0) is 32.7 Å². The summed E-state index contributed by atoms with van der Waals surface area (Å²) < 4.78 is 0. The molecule has 1 aliphatic heterocycles. The first kappa shape index (κ1) is 21.3. The van der Waals surface area contributed by atoms with Gasteiger partial charge in [0, 0.05) is 32.7 Å². The molecule has 1 saturated heterocycles. The fourth-order valence-electron chi connectivity index (χ4n) is 3.70. The summed E-state index contributed by atoms with van der Waals surface area (Å²) in [5.41, 5.74) is 6.24. The summed E-state index contributed by atoms with van der Waals surface area (Å²) in [6, 6.07) is 0. The molecule has 3 heteroatoms. The third-order valence-corrected chi connectivity index (χ3v) is 4.46. The van der Waals surface area contributed by atoms with Crippen molar-refractivity contribution in [1.29, 1.82) is 0 Å². The molecule has 107 valence electrons. The van der Waals surface area contributed by atoms with Gasteiger partial charge >= 0.3 is 0 Å². The van der Waals surface area contributed by atoms with E-state index in [9.17, 15) is 0 Å². The van der Waals surface area contributed by atoms with Crippen LogP contribution in [0, 0.1) is 32.2 Å². The minimum Gasteiger partial charge on any atom is -0.449 e. The molecule has 0 aromatic heterocycles. The Labute approximate surface area is 140 Å². The van der Waals surface area contributed by atoms with Gasteiger partial charge in [-0.1, -0.05) is 20.3 Å². The van der Waals surface area contributed by atoms with Crippen molar-refractivity contribution >= 4 is 0 Å². The second-order valence-electron chi connectivity index (χ2n) is 6.39. The molecule has 0 aromatic carbocycles. The van der Waals surface area contributed by atoms with Gasteiger partial charge in [-0.25, -0.2) is 0 Å². The SMILES string of the molecule is CCC.[CH2-]N1C(C)(C)[C@@H]2C(CN)[C@@H]2C1(C)C.[CH3-].[Y]. The smallest absolute Gasteiger partial charge is 0 e. The van der Waals surface area contributed by atoms with E-state index in [4.69, 9.17) is 5.73 Å². The number of fused-ring (bicyclic) bond motifs is 1. The van der Waals surface area contributed by atoms with Crippen molar-refractivity contribution in [1.82, 2.24) is 4.90 Å². The standard InChI is InChI=1S/C11H21N2.C3H8.CH3.Y/c1-10(2)8-7(6-12)9(8)11(3,4)13(10)5;1-3-2;;/h7-9H,5-6,12H2,1-4H3;3H2,1-2H3;1H3;/q-1;;-1;/t7?,8-,9+;;;. The Kier molecular flexibility index (Phi) is 8.47. The van der Waals surface area contributed by atoms with Crippen molar-refractivity contribution in [3.05, 3.63) is 14.5 Å². The maximum Gasteiger partial charge on any atom is 0 e. The molecule has 3 atom stereocenters. The van der Waals surface area contributed by atoms with Crippen LogP contribution in [0.1, 0.15) is 48.0 Å². The Hall–Kier alpha value is 1.02. The summed E-state index contributed by atoms with van der Waals surface area (Å²) in [4.78, 5) is 2.28. The molecule has 0 amide bonds. The Balaban J connectivity index is 0. The van der Waals surface area contributed by atoms with Gasteiger partial charge in [-0.2, -0.15) is 0 Å². The zero-order chi connectivity index (χ0) is 12.7. The first-order chi connectivity index (χ1) is 7.26. The van der Waals surface area contributed by atoms with E-state index in [2.05, 4.69) is 53.5 Å².